The first-order chi connectivity index (χ1) is 16.2. The second kappa shape index (κ2) is 9.20. The van der Waals surface area contributed by atoms with E-state index in [0.717, 1.165) is 40.2 Å². The van der Waals surface area contributed by atoms with E-state index < -0.39 is 0 Å². The molecule has 5 rings (SSSR count). The Balaban J connectivity index is 1.34. The molecule has 0 aliphatic carbocycles. The molecule has 6 heteroatoms. The summed E-state index contributed by atoms with van der Waals surface area (Å²) in [6.07, 6.45) is 6.58. The summed E-state index contributed by atoms with van der Waals surface area (Å²) in [5, 5.41) is 0. The maximum absolute atomic E-state index is 12.5. The van der Waals surface area contributed by atoms with Crippen molar-refractivity contribution in [3.05, 3.63) is 96.3 Å². The van der Waals surface area contributed by atoms with E-state index in [2.05, 4.69) is 12.1 Å². The molecule has 2 aromatic carbocycles. The SMILES string of the molecule is COc1ccccc1-c1cn2cccc(C3=CCN(C(=O)OCc4ccccc4)CC3)c2n1. The molecule has 0 saturated heterocycles. The number of hydrogen-bond acceptors (Lipinski definition) is 4. The Hall–Kier alpha value is -4.06. The molecule has 33 heavy (non-hydrogen) atoms. The number of rotatable bonds is 5. The molecule has 0 saturated carbocycles. The lowest BCUT2D eigenvalue weighted by atomic mass is 10.0. The van der Waals surface area contributed by atoms with E-state index in [1.807, 2.05) is 77.5 Å². The van der Waals surface area contributed by atoms with Crippen LogP contribution in [0.4, 0.5) is 4.79 Å². The Labute approximate surface area is 192 Å². The molecule has 0 N–H and O–H groups in total. The largest absolute Gasteiger partial charge is 0.496 e. The van der Waals surface area contributed by atoms with Gasteiger partial charge in [0, 0.05) is 36.6 Å². The van der Waals surface area contributed by atoms with Gasteiger partial charge in [0.15, 0.2) is 0 Å². The third-order valence-electron chi connectivity index (χ3n) is 5.88. The lowest BCUT2D eigenvalue weighted by molar-refractivity contribution is 0.0998. The van der Waals surface area contributed by atoms with E-state index in [9.17, 15) is 4.79 Å². The molecule has 0 atom stereocenters. The van der Waals surface area contributed by atoms with Gasteiger partial charge in [-0.05, 0) is 41.8 Å². The van der Waals surface area contributed by atoms with Crippen molar-refractivity contribution in [2.75, 3.05) is 20.2 Å². The van der Waals surface area contributed by atoms with Crippen molar-refractivity contribution >= 4 is 17.3 Å². The molecule has 0 fully saturated rings. The summed E-state index contributed by atoms with van der Waals surface area (Å²) in [5.41, 5.74) is 5.96. The molecule has 0 unspecified atom stereocenters. The highest BCUT2D eigenvalue weighted by molar-refractivity contribution is 5.80. The molecule has 0 bridgehead atoms. The van der Waals surface area contributed by atoms with E-state index in [-0.39, 0.29) is 12.7 Å². The molecule has 0 spiro atoms. The van der Waals surface area contributed by atoms with Crippen LogP contribution in [0.2, 0.25) is 0 Å². The van der Waals surface area contributed by atoms with Crippen LogP contribution in [-0.4, -0.2) is 40.6 Å². The van der Waals surface area contributed by atoms with Gasteiger partial charge in [0.2, 0.25) is 0 Å². The minimum Gasteiger partial charge on any atom is -0.496 e. The van der Waals surface area contributed by atoms with Gasteiger partial charge in [-0.3, -0.25) is 0 Å². The topological polar surface area (TPSA) is 56.1 Å². The lowest BCUT2D eigenvalue weighted by Gasteiger charge is -2.26. The van der Waals surface area contributed by atoms with Gasteiger partial charge in [0.05, 0.1) is 12.8 Å². The van der Waals surface area contributed by atoms with Gasteiger partial charge in [-0.2, -0.15) is 0 Å². The van der Waals surface area contributed by atoms with Gasteiger partial charge in [0.1, 0.15) is 18.0 Å². The second-order valence-electron chi connectivity index (χ2n) is 7.94. The highest BCUT2D eigenvalue weighted by atomic mass is 16.6. The van der Waals surface area contributed by atoms with E-state index in [0.29, 0.717) is 13.1 Å². The molecule has 6 nitrogen and oxygen atoms in total. The summed E-state index contributed by atoms with van der Waals surface area (Å²) in [6.45, 7) is 1.41. The fraction of sp³-hybridized carbons (Fsp3) is 0.185. The number of fused-ring (bicyclic) bond motifs is 1. The monoisotopic (exact) mass is 439 g/mol. The standard InChI is InChI=1S/C27H25N3O3/c1-32-25-12-6-5-10-23(25)24-18-30-15-7-11-22(26(30)28-24)21-13-16-29(17-14-21)27(31)33-19-20-8-3-2-4-9-20/h2-13,15,18H,14,16-17,19H2,1H3. The number of carbonyl (C=O) groups is 1. The van der Waals surface area contributed by atoms with Crippen molar-refractivity contribution in [2.45, 2.75) is 13.0 Å². The Bertz CT molecular complexity index is 1310. The van der Waals surface area contributed by atoms with Crippen molar-refractivity contribution in [3.63, 3.8) is 0 Å². The summed E-state index contributed by atoms with van der Waals surface area (Å²) >= 11 is 0. The summed E-state index contributed by atoms with van der Waals surface area (Å²) in [4.78, 5) is 19.1. The maximum atomic E-state index is 12.5. The average Bonchev–Trinajstić information content (AvgIpc) is 3.32. The number of ether oxygens (including phenoxy) is 2. The van der Waals surface area contributed by atoms with Crippen molar-refractivity contribution in [1.29, 1.82) is 0 Å². The van der Waals surface area contributed by atoms with Crippen LogP contribution < -0.4 is 4.74 Å². The fourth-order valence-electron chi connectivity index (χ4n) is 4.14. The smallest absolute Gasteiger partial charge is 0.410 e. The van der Waals surface area contributed by atoms with Crippen LogP contribution >= 0.6 is 0 Å². The van der Waals surface area contributed by atoms with E-state index in [1.54, 1.807) is 12.0 Å². The Morgan fingerprint density at radius 1 is 1.00 bits per heavy atom. The van der Waals surface area contributed by atoms with E-state index in [4.69, 9.17) is 14.5 Å². The van der Waals surface area contributed by atoms with Crippen LogP contribution in [-0.2, 0) is 11.3 Å². The highest BCUT2D eigenvalue weighted by Gasteiger charge is 2.21. The third kappa shape index (κ3) is 4.32. The third-order valence-corrected chi connectivity index (χ3v) is 5.88. The summed E-state index contributed by atoms with van der Waals surface area (Å²) < 4.78 is 13.0. The minimum atomic E-state index is -0.286. The number of hydrogen-bond donors (Lipinski definition) is 0. The van der Waals surface area contributed by atoms with Gasteiger partial charge < -0.3 is 18.8 Å². The first kappa shape index (κ1) is 20.8. The predicted octanol–water partition coefficient (Wildman–Crippen LogP) is 5.44. The Kier molecular flexibility index (Phi) is 5.81. The highest BCUT2D eigenvalue weighted by Crippen LogP contribution is 2.32. The van der Waals surface area contributed by atoms with Crippen LogP contribution in [0.5, 0.6) is 5.75 Å². The van der Waals surface area contributed by atoms with E-state index in [1.165, 1.54) is 5.57 Å². The number of para-hydroxylation sites is 1. The molecule has 1 aliphatic heterocycles. The first-order valence-corrected chi connectivity index (χ1v) is 11.0. The van der Waals surface area contributed by atoms with Crippen molar-refractivity contribution in [3.8, 4) is 17.0 Å². The van der Waals surface area contributed by atoms with Gasteiger partial charge >= 0.3 is 6.09 Å². The van der Waals surface area contributed by atoms with Crippen LogP contribution in [0.3, 0.4) is 0 Å². The molecule has 0 radical (unpaired) electrons. The van der Waals surface area contributed by atoms with Crippen LogP contribution in [0.1, 0.15) is 17.5 Å². The molecule has 166 valence electrons. The molecule has 1 aliphatic rings. The van der Waals surface area contributed by atoms with Gasteiger partial charge in [0.25, 0.3) is 0 Å². The second-order valence-corrected chi connectivity index (χ2v) is 7.94. The van der Waals surface area contributed by atoms with Crippen molar-refractivity contribution < 1.29 is 14.3 Å². The average molecular weight is 440 g/mol. The number of benzene rings is 2. The molecule has 3 heterocycles. The van der Waals surface area contributed by atoms with Gasteiger partial charge in [-0.1, -0.05) is 48.5 Å². The zero-order valence-corrected chi connectivity index (χ0v) is 18.5. The van der Waals surface area contributed by atoms with Crippen LogP contribution in [0.15, 0.2) is 85.2 Å². The van der Waals surface area contributed by atoms with E-state index >= 15 is 0 Å². The zero-order valence-electron chi connectivity index (χ0n) is 18.5. The van der Waals surface area contributed by atoms with Crippen molar-refractivity contribution in [1.82, 2.24) is 14.3 Å². The Morgan fingerprint density at radius 2 is 1.79 bits per heavy atom. The normalized spacial score (nSPS) is 13.6. The first-order valence-electron chi connectivity index (χ1n) is 11.0. The molecule has 2 aromatic heterocycles. The number of carbonyl (C=O) groups excluding carboxylic acids is 1. The number of pyridine rings is 1. The number of imidazole rings is 1. The quantitative estimate of drug-likeness (QED) is 0.416. The predicted molar refractivity (Wildman–Crippen MR) is 128 cm³/mol. The minimum absolute atomic E-state index is 0.284. The molecular weight excluding hydrogens is 414 g/mol. The van der Waals surface area contributed by atoms with Crippen LogP contribution in [0.25, 0.3) is 22.5 Å². The lowest BCUT2D eigenvalue weighted by Crippen LogP contribution is -2.35. The summed E-state index contributed by atoms with van der Waals surface area (Å²) in [7, 11) is 1.67. The summed E-state index contributed by atoms with van der Waals surface area (Å²) in [5.74, 6) is 0.795. The summed E-state index contributed by atoms with van der Waals surface area (Å²) in [6, 6.07) is 21.7. The van der Waals surface area contributed by atoms with Crippen LogP contribution in [0, 0.1) is 0 Å². The zero-order chi connectivity index (χ0) is 22.6. The fourth-order valence-corrected chi connectivity index (χ4v) is 4.14. The molecule has 4 aromatic rings. The Morgan fingerprint density at radius 3 is 2.58 bits per heavy atom. The number of methoxy groups -OCH3 is 1. The molecule has 1 amide bonds. The number of amides is 1. The number of aromatic nitrogens is 2. The van der Waals surface area contributed by atoms with Gasteiger partial charge in [-0.25, -0.2) is 9.78 Å². The number of nitrogens with zero attached hydrogens (tertiary/aromatic N) is 3. The van der Waals surface area contributed by atoms with Crippen molar-refractivity contribution in [2.24, 2.45) is 0 Å². The molecular formula is C27H25N3O3. The maximum Gasteiger partial charge on any atom is 0.410 e. The van der Waals surface area contributed by atoms with Gasteiger partial charge in [-0.15, -0.1) is 0 Å².